The Bertz CT molecular complexity index is 1840. The van der Waals surface area contributed by atoms with Crippen molar-refractivity contribution in [2.45, 2.75) is 18.2 Å². The Morgan fingerprint density at radius 3 is 2.39 bits per heavy atom. The molecule has 0 aliphatic heterocycles. The minimum Gasteiger partial charge on any atom is -0.497 e. The molecule has 0 saturated carbocycles. The van der Waals surface area contributed by atoms with E-state index in [1.54, 1.807) is 31.4 Å². The van der Waals surface area contributed by atoms with E-state index >= 15 is 0 Å². The predicted octanol–water partition coefficient (Wildman–Crippen LogP) is 4.73. The second-order valence-corrected chi connectivity index (χ2v) is 10.6. The second-order valence-electron chi connectivity index (χ2n) is 8.50. The van der Waals surface area contributed by atoms with Gasteiger partial charge in [-0.1, -0.05) is 23.7 Å². The van der Waals surface area contributed by atoms with Crippen LogP contribution in [-0.4, -0.2) is 21.4 Å². The quantitative estimate of drug-likeness (QED) is 0.221. The molecule has 5 rings (SSSR count). The first-order valence-corrected chi connectivity index (χ1v) is 13.2. The van der Waals surface area contributed by atoms with Crippen LogP contribution in [0.15, 0.2) is 85.5 Å². The highest BCUT2D eigenvalue weighted by atomic mass is 35.5. The van der Waals surface area contributed by atoms with Crippen LogP contribution in [0, 0.1) is 6.92 Å². The maximum atomic E-state index is 12.7. The van der Waals surface area contributed by atoms with Gasteiger partial charge in [-0.3, -0.25) is 10.2 Å². The number of fused-ring (bicyclic) bond motifs is 2. The Hall–Kier alpha value is -4.12. The van der Waals surface area contributed by atoms with Crippen LogP contribution < -0.4 is 20.6 Å². The van der Waals surface area contributed by atoms with Gasteiger partial charge in [0.1, 0.15) is 16.9 Å². The maximum Gasteiger partial charge on any atom is 0.340 e. The summed E-state index contributed by atoms with van der Waals surface area (Å²) < 4.78 is 41.2. The monoisotopic (exact) mass is 552 g/mol. The highest BCUT2D eigenvalue weighted by molar-refractivity contribution is 7.89. The van der Waals surface area contributed by atoms with Crippen molar-refractivity contribution in [2.75, 3.05) is 7.11 Å². The molecule has 38 heavy (non-hydrogen) atoms. The van der Waals surface area contributed by atoms with Crippen molar-refractivity contribution in [2.24, 2.45) is 0 Å². The van der Waals surface area contributed by atoms with Crippen LogP contribution in [0.5, 0.6) is 5.75 Å². The summed E-state index contributed by atoms with van der Waals surface area (Å²) in [6, 6.07) is 16.4. The van der Waals surface area contributed by atoms with Crippen molar-refractivity contribution in [1.82, 2.24) is 10.3 Å². The summed E-state index contributed by atoms with van der Waals surface area (Å²) in [5.74, 6) is -0.248. The summed E-state index contributed by atoms with van der Waals surface area (Å²) in [6.07, 6.45) is 1.21. The fourth-order valence-electron chi connectivity index (χ4n) is 4.11. The standard InChI is InChI=1S/C27H21ClN2O7S/c1-15-20-11-22-23(16-3-5-17(28)6-4-16)14-36-24(22)13-25(20)37-27(32)21(15)12-26(31)29-30-38(33,34)19-9-7-18(35-2)8-10-19/h3-11,13-14,30H,12H2,1-2H3,(H,29,31). The Kier molecular flexibility index (Phi) is 6.70. The number of hydrogen-bond donors (Lipinski definition) is 2. The van der Waals surface area contributed by atoms with Gasteiger partial charge in [0.25, 0.3) is 10.0 Å². The van der Waals surface area contributed by atoms with Gasteiger partial charge >= 0.3 is 5.63 Å². The third-order valence-corrected chi connectivity index (χ3v) is 7.68. The van der Waals surface area contributed by atoms with Crippen LogP contribution in [0.2, 0.25) is 5.02 Å². The van der Waals surface area contributed by atoms with Gasteiger partial charge in [0.15, 0.2) is 0 Å². The normalized spacial score (nSPS) is 11.7. The van der Waals surface area contributed by atoms with E-state index in [0.717, 1.165) is 16.5 Å². The number of nitrogens with one attached hydrogen (secondary N) is 2. The number of hydrazine groups is 1. The summed E-state index contributed by atoms with van der Waals surface area (Å²) in [5, 5.41) is 2.02. The number of ether oxygens (including phenoxy) is 1. The molecule has 0 unspecified atom stereocenters. The Labute approximate surface area is 222 Å². The van der Waals surface area contributed by atoms with Crippen molar-refractivity contribution in [1.29, 1.82) is 0 Å². The minimum absolute atomic E-state index is 0.0689. The average Bonchev–Trinajstić information content (AvgIpc) is 3.32. The lowest BCUT2D eigenvalue weighted by Gasteiger charge is -2.11. The van der Waals surface area contributed by atoms with Gasteiger partial charge in [0.2, 0.25) is 5.91 Å². The highest BCUT2D eigenvalue weighted by Crippen LogP contribution is 2.35. The lowest BCUT2D eigenvalue weighted by Crippen LogP contribution is -2.42. The number of halogens is 1. The van der Waals surface area contributed by atoms with E-state index in [-0.39, 0.29) is 10.5 Å². The van der Waals surface area contributed by atoms with E-state index in [9.17, 15) is 18.0 Å². The first-order chi connectivity index (χ1) is 18.2. The Morgan fingerprint density at radius 1 is 1.00 bits per heavy atom. The van der Waals surface area contributed by atoms with Crippen LogP contribution in [0.25, 0.3) is 33.1 Å². The number of furan rings is 1. The highest BCUT2D eigenvalue weighted by Gasteiger charge is 2.20. The number of hydrogen-bond acceptors (Lipinski definition) is 7. The zero-order valence-electron chi connectivity index (χ0n) is 20.2. The van der Waals surface area contributed by atoms with Gasteiger partial charge in [-0.2, -0.15) is 0 Å². The summed E-state index contributed by atoms with van der Waals surface area (Å²) in [6.45, 7) is 1.71. The van der Waals surface area contributed by atoms with Crippen molar-refractivity contribution in [3.05, 3.63) is 93.5 Å². The smallest absolute Gasteiger partial charge is 0.340 e. The molecule has 0 atom stereocenters. The van der Waals surface area contributed by atoms with E-state index < -0.39 is 28.0 Å². The zero-order chi connectivity index (χ0) is 27.0. The number of carbonyl (C=O) groups excluding carboxylic acids is 1. The number of carbonyl (C=O) groups is 1. The minimum atomic E-state index is -4.04. The molecule has 0 aliphatic rings. The van der Waals surface area contributed by atoms with E-state index in [0.29, 0.717) is 32.9 Å². The number of rotatable bonds is 7. The third-order valence-electron chi connectivity index (χ3n) is 6.17. The number of sulfonamides is 1. The fourth-order valence-corrected chi connectivity index (χ4v) is 5.10. The molecule has 11 heteroatoms. The molecule has 2 aromatic heterocycles. The van der Waals surface area contributed by atoms with Crippen molar-refractivity contribution in [3.63, 3.8) is 0 Å². The van der Waals surface area contributed by atoms with Crippen molar-refractivity contribution < 1.29 is 26.8 Å². The molecule has 0 bridgehead atoms. The van der Waals surface area contributed by atoms with E-state index in [1.165, 1.54) is 31.4 Å². The molecule has 3 aromatic carbocycles. The van der Waals surface area contributed by atoms with Gasteiger partial charge in [-0.15, -0.1) is 4.83 Å². The van der Waals surface area contributed by atoms with Gasteiger partial charge in [-0.25, -0.2) is 13.2 Å². The Balaban J connectivity index is 1.42. The Morgan fingerprint density at radius 2 is 1.71 bits per heavy atom. The molecule has 5 aromatic rings. The summed E-state index contributed by atoms with van der Waals surface area (Å²) >= 11 is 6.01. The predicted molar refractivity (Wildman–Crippen MR) is 143 cm³/mol. The van der Waals surface area contributed by atoms with E-state index in [4.69, 9.17) is 25.2 Å². The summed E-state index contributed by atoms with van der Waals surface area (Å²) in [4.78, 5) is 27.3. The molecule has 0 spiro atoms. The van der Waals surface area contributed by atoms with Crippen molar-refractivity contribution in [3.8, 4) is 16.9 Å². The first kappa shape index (κ1) is 25.5. The van der Waals surface area contributed by atoms with Gasteiger partial charge in [-0.05, 0) is 60.5 Å². The van der Waals surface area contributed by atoms with Gasteiger partial charge < -0.3 is 13.6 Å². The number of methoxy groups -OCH3 is 1. The van der Waals surface area contributed by atoms with Gasteiger partial charge in [0.05, 0.1) is 30.3 Å². The molecule has 1 amide bonds. The second kappa shape index (κ2) is 9.97. The topological polar surface area (TPSA) is 128 Å². The molecule has 0 fully saturated rings. The molecule has 2 N–H and O–H groups in total. The van der Waals surface area contributed by atoms with Crippen LogP contribution >= 0.6 is 11.6 Å². The summed E-state index contributed by atoms with van der Waals surface area (Å²) in [7, 11) is -2.58. The zero-order valence-corrected chi connectivity index (χ0v) is 21.8. The van der Waals surface area contributed by atoms with Crippen molar-refractivity contribution >= 4 is 49.5 Å². The van der Waals surface area contributed by atoms with E-state index in [2.05, 4.69) is 5.43 Å². The number of aryl methyl sites for hydroxylation is 1. The van der Waals surface area contributed by atoms with Crippen LogP contribution in [0.4, 0.5) is 0 Å². The number of benzene rings is 3. The largest absolute Gasteiger partial charge is 0.497 e. The van der Waals surface area contributed by atoms with Crippen LogP contribution in [-0.2, 0) is 21.2 Å². The first-order valence-electron chi connectivity index (χ1n) is 11.3. The SMILES string of the molecule is COc1ccc(S(=O)(=O)NNC(=O)Cc2c(C)c3cc4c(-c5ccc(Cl)cc5)coc4cc3oc2=O)cc1. The van der Waals surface area contributed by atoms with Crippen LogP contribution in [0.1, 0.15) is 11.1 Å². The molecule has 2 heterocycles. The maximum absolute atomic E-state index is 12.7. The molecule has 0 saturated heterocycles. The lowest BCUT2D eigenvalue weighted by molar-refractivity contribution is -0.120. The fraction of sp³-hybridized carbons (Fsp3) is 0.111. The average molecular weight is 553 g/mol. The van der Waals surface area contributed by atoms with Crippen LogP contribution in [0.3, 0.4) is 0 Å². The lowest BCUT2D eigenvalue weighted by atomic mass is 9.99. The van der Waals surface area contributed by atoms with Gasteiger partial charge in [0, 0.05) is 27.4 Å². The molecule has 9 nitrogen and oxygen atoms in total. The molecule has 0 aliphatic carbocycles. The van der Waals surface area contributed by atoms with E-state index in [1.807, 2.05) is 23.0 Å². The summed E-state index contributed by atoms with van der Waals surface area (Å²) in [5.41, 5.74) is 4.65. The third kappa shape index (κ3) is 4.89. The molecular weight excluding hydrogens is 532 g/mol. The number of amides is 1. The molecular formula is C27H21ClN2O7S. The molecule has 194 valence electrons. The molecule has 0 radical (unpaired) electrons.